The molecule has 0 spiro atoms. The Hall–Kier alpha value is -2.90. The number of hydrogen-bond donors (Lipinski definition) is 1. The van der Waals surface area contributed by atoms with Crippen LogP contribution >= 0.6 is 0 Å². The van der Waals surface area contributed by atoms with Crippen molar-refractivity contribution in [1.29, 1.82) is 0 Å². The number of carbonyl (C=O) groups excluding carboxylic acids is 2. The van der Waals surface area contributed by atoms with E-state index in [9.17, 15) is 14.0 Å². The number of likely N-dealkylation sites (N-methyl/N-ethyl adjacent to an activating group) is 1. The van der Waals surface area contributed by atoms with Crippen molar-refractivity contribution in [1.82, 2.24) is 10.1 Å². The standard InChI is InChI=1S/C15H16FN3O4/c1-10-7-13(18-23-10)17-14(20)8-19(2)15(21)9-22-12-6-4-3-5-11(12)16/h3-7H,8-9H2,1-2H3,(H,17,18,20). The Balaban J connectivity index is 1.80. The third kappa shape index (κ3) is 4.80. The molecule has 0 bridgehead atoms. The predicted molar refractivity (Wildman–Crippen MR) is 79.4 cm³/mol. The van der Waals surface area contributed by atoms with Gasteiger partial charge in [0, 0.05) is 13.1 Å². The van der Waals surface area contributed by atoms with Crippen molar-refractivity contribution in [2.75, 3.05) is 25.5 Å². The van der Waals surface area contributed by atoms with Crippen LogP contribution in [0.4, 0.5) is 10.2 Å². The van der Waals surface area contributed by atoms with Crippen LogP contribution in [0.2, 0.25) is 0 Å². The third-order valence-corrected chi connectivity index (χ3v) is 2.89. The van der Waals surface area contributed by atoms with Crippen LogP contribution in [0.1, 0.15) is 5.76 Å². The fraction of sp³-hybridized carbons (Fsp3) is 0.267. The van der Waals surface area contributed by atoms with E-state index in [0.29, 0.717) is 5.76 Å². The van der Waals surface area contributed by atoms with Crippen LogP contribution in [0, 0.1) is 12.7 Å². The maximum absolute atomic E-state index is 13.4. The van der Waals surface area contributed by atoms with Gasteiger partial charge in [0.1, 0.15) is 5.76 Å². The summed E-state index contributed by atoms with van der Waals surface area (Å²) in [6.07, 6.45) is 0. The highest BCUT2D eigenvalue weighted by atomic mass is 19.1. The molecule has 0 saturated heterocycles. The number of halogens is 1. The van der Waals surface area contributed by atoms with Crippen LogP contribution in [0.5, 0.6) is 5.75 Å². The fourth-order valence-corrected chi connectivity index (χ4v) is 1.72. The van der Waals surface area contributed by atoms with Gasteiger partial charge in [-0.05, 0) is 19.1 Å². The Morgan fingerprint density at radius 3 is 2.78 bits per heavy atom. The van der Waals surface area contributed by atoms with Crippen molar-refractivity contribution >= 4 is 17.6 Å². The van der Waals surface area contributed by atoms with Gasteiger partial charge in [0.2, 0.25) is 5.91 Å². The smallest absolute Gasteiger partial charge is 0.260 e. The summed E-state index contributed by atoms with van der Waals surface area (Å²) in [4.78, 5) is 24.8. The van der Waals surface area contributed by atoms with Gasteiger partial charge in [-0.1, -0.05) is 17.3 Å². The molecule has 122 valence electrons. The molecule has 0 unspecified atom stereocenters. The second kappa shape index (κ2) is 7.39. The van der Waals surface area contributed by atoms with E-state index < -0.39 is 17.6 Å². The lowest BCUT2D eigenvalue weighted by molar-refractivity contribution is -0.135. The normalized spacial score (nSPS) is 10.2. The third-order valence-electron chi connectivity index (χ3n) is 2.89. The summed E-state index contributed by atoms with van der Waals surface area (Å²) in [5.74, 6) is -0.627. The Labute approximate surface area is 132 Å². The van der Waals surface area contributed by atoms with Crippen LogP contribution < -0.4 is 10.1 Å². The Morgan fingerprint density at radius 2 is 2.13 bits per heavy atom. The molecule has 2 amide bonds. The summed E-state index contributed by atoms with van der Waals surface area (Å²) in [6, 6.07) is 7.33. The molecule has 8 heteroatoms. The molecule has 0 aliphatic heterocycles. The summed E-state index contributed by atoms with van der Waals surface area (Å²) in [6.45, 7) is 1.14. The molecule has 0 atom stereocenters. The molecule has 1 N–H and O–H groups in total. The van der Waals surface area contributed by atoms with Crippen LogP contribution in [0.15, 0.2) is 34.9 Å². The zero-order valence-corrected chi connectivity index (χ0v) is 12.7. The largest absolute Gasteiger partial charge is 0.481 e. The zero-order chi connectivity index (χ0) is 16.8. The number of benzene rings is 1. The predicted octanol–water partition coefficient (Wildman–Crippen LogP) is 1.60. The first-order valence-electron chi connectivity index (χ1n) is 6.80. The quantitative estimate of drug-likeness (QED) is 0.873. The van der Waals surface area contributed by atoms with Crippen molar-refractivity contribution in [3.05, 3.63) is 41.9 Å². The van der Waals surface area contributed by atoms with E-state index in [1.807, 2.05) is 0 Å². The average Bonchev–Trinajstić information content (AvgIpc) is 2.90. The summed E-state index contributed by atoms with van der Waals surface area (Å²) in [5.41, 5.74) is 0. The van der Waals surface area contributed by atoms with Gasteiger partial charge in [-0.25, -0.2) is 4.39 Å². The Bertz CT molecular complexity index is 702. The molecule has 2 aromatic rings. The maximum Gasteiger partial charge on any atom is 0.260 e. The van der Waals surface area contributed by atoms with Crippen molar-refractivity contribution in [2.24, 2.45) is 0 Å². The van der Waals surface area contributed by atoms with Crippen molar-refractivity contribution < 1.29 is 23.2 Å². The molecule has 0 aliphatic rings. The molecule has 0 radical (unpaired) electrons. The highest BCUT2D eigenvalue weighted by Crippen LogP contribution is 2.15. The van der Waals surface area contributed by atoms with Gasteiger partial charge < -0.3 is 19.5 Å². The summed E-state index contributed by atoms with van der Waals surface area (Å²) < 4.78 is 23.3. The molecule has 7 nitrogen and oxygen atoms in total. The first kappa shape index (κ1) is 16.5. The topological polar surface area (TPSA) is 84.7 Å². The van der Waals surface area contributed by atoms with E-state index in [4.69, 9.17) is 9.26 Å². The minimum atomic E-state index is -0.554. The van der Waals surface area contributed by atoms with Crippen molar-refractivity contribution in [2.45, 2.75) is 6.92 Å². The second-order valence-electron chi connectivity index (χ2n) is 4.84. The first-order chi connectivity index (χ1) is 11.0. The molecule has 1 aromatic carbocycles. The Morgan fingerprint density at radius 1 is 1.39 bits per heavy atom. The van der Waals surface area contributed by atoms with Gasteiger partial charge in [-0.3, -0.25) is 9.59 Å². The summed E-state index contributed by atoms with van der Waals surface area (Å²) >= 11 is 0. The fourth-order valence-electron chi connectivity index (χ4n) is 1.72. The molecule has 1 heterocycles. The number of nitrogens with zero attached hydrogens (tertiary/aromatic N) is 2. The molecule has 1 aromatic heterocycles. The summed E-state index contributed by atoms with van der Waals surface area (Å²) in [7, 11) is 1.45. The van der Waals surface area contributed by atoms with Gasteiger partial charge in [-0.15, -0.1) is 0 Å². The highest BCUT2D eigenvalue weighted by molar-refractivity contribution is 5.93. The molecular formula is C15H16FN3O4. The van der Waals surface area contributed by atoms with Gasteiger partial charge in [-0.2, -0.15) is 0 Å². The second-order valence-corrected chi connectivity index (χ2v) is 4.84. The molecule has 2 rings (SSSR count). The number of amides is 2. The lowest BCUT2D eigenvalue weighted by atomic mass is 10.3. The van der Waals surface area contributed by atoms with Gasteiger partial charge in [0.25, 0.3) is 5.91 Å². The number of aromatic nitrogens is 1. The van der Waals surface area contributed by atoms with E-state index in [1.54, 1.807) is 19.1 Å². The van der Waals surface area contributed by atoms with E-state index in [-0.39, 0.29) is 24.7 Å². The number of carbonyl (C=O) groups is 2. The first-order valence-corrected chi connectivity index (χ1v) is 6.80. The van der Waals surface area contributed by atoms with E-state index >= 15 is 0 Å². The highest BCUT2D eigenvalue weighted by Gasteiger charge is 2.15. The molecule has 23 heavy (non-hydrogen) atoms. The molecule has 0 fully saturated rings. The SMILES string of the molecule is Cc1cc(NC(=O)CN(C)C(=O)COc2ccccc2F)no1. The van der Waals surface area contributed by atoms with Crippen molar-refractivity contribution in [3.8, 4) is 5.75 Å². The van der Waals surface area contributed by atoms with Gasteiger partial charge in [0.15, 0.2) is 24.0 Å². The minimum Gasteiger partial charge on any atom is -0.481 e. The number of rotatable bonds is 6. The Kier molecular flexibility index (Phi) is 5.29. The number of anilines is 1. The summed E-state index contributed by atoms with van der Waals surface area (Å²) in [5, 5.41) is 6.11. The van der Waals surface area contributed by atoms with Crippen LogP contribution in [-0.4, -0.2) is 42.1 Å². The molecular weight excluding hydrogens is 305 g/mol. The zero-order valence-electron chi connectivity index (χ0n) is 12.7. The monoisotopic (exact) mass is 321 g/mol. The van der Waals surface area contributed by atoms with E-state index in [2.05, 4.69) is 10.5 Å². The lowest BCUT2D eigenvalue weighted by Crippen LogP contribution is -2.37. The molecule has 0 saturated carbocycles. The number of aryl methyl sites for hydroxylation is 1. The number of hydrogen-bond acceptors (Lipinski definition) is 5. The molecule has 0 aliphatic carbocycles. The number of para-hydroxylation sites is 1. The van der Waals surface area contributed by atoms with Crippen LogP contribution in [0.3, 0.4) is 0 Å². The minimum absolute atomic E-state index is 0.0169. The van der Waals surface area contributed by atoms with E-state index in [0.717, 1.165) is 0 Å². The maximum atomic E-state index is 13.4. The number of nitrogens with one attached hydrogen (secondary N) is 1. The van der Waals surface area contributed by atoms with Gasteiger partial charge >= 0.3 is 0 Å². The lowest BCUT2D eigenvalue weighted by Gasteiger charge is -2.16. The van der Waals surface area contributed by atoms with Crippen LogP contribution in [-0.2, 0) is 9.59 Å². The van der Waals surface area contributed by atoms with Crippen LogP contribution in [0.25, 0.3) is 0 Å². The van der Waals surface area contributed by atoms with Gasteiger partial charge in [0.05, 0.1) is 6.54 Å². The van der Waals surface area contributed by atoms with E-state index in [1.165, 1.54) is 30.1 Å². The van der Waals surface area contributed by atoms with Crippen molar-refractivity contribution in [3.63, 3.8) is 0 Å². The number of ether oxygens (including phenoxy) is 1. The average molecular weight is 321 g/mol.